The second kappa shape index (κ2) is 8.95. The second-order valence-corrected chi connectivity index (χ2v) is 5.88. The predicted molar refractivity (Wildman–Crippen MR) is 78.8 cm³/mol. The van der Waals surface area contributed by atoms with Gasteiger partial charge in [-0.05, 0) is 31.5 Å². The Morgan fingerprint density at radius 3 is 2.70 bits per heavy atom. The molecule has 2 nitrogen and oxygen atoms in total. The van der Waals surface area contributed by atoms with Gasteiger partial charge in [-0.15, -0.1) is 11.8 Å². The molecule has 0 spiro atoms. The van der Waals surface area contributed by atoms with E-state index in [-0.39, 0.29) is 17.7 Å². The average molecular weight is 301 g/mol. The van der Waals surface area contributed by atoms with Crippen LogP contribution >= 0.6 is 11.8 Å². The van der Waals surface area contributed by atoms with Gasteiger partial charge in [0.05, 0.1) is 5.75 Å². The molecule has 1 rings (SSSR count). The zero-order chi connectivity index (χ0) is 15.0. The summed E-state index contributed by atoms with van der Waals surface area (Å²) in [6, 6.07) is 3.81. The Bertz CT molecular complexity index is 440. The van der Waals surface area contributed by atoms with E-state index in [1.807, 2.05) is 6.92 Å². The molecule has 0 bridgehead atoms. The minimum Gasteiger partial charge on any atom is -0.353 e. The zero-order valence-corrected chi connectivity index (χ0v) is 12.7. The van der Waals surface area contributed by atoms with Crippen LogP contribution in [0, 0.1) is 11.6 Å². The van der Waals surface area contributed by atoms with Gasteiger partial charge in [0.2, 0.25) is 5.91 Å². The van der Waals surface area contributed by atoms with Crippen LogP contribution < -0.4 is 5.32 Å². The van der Waals surface area contributed by atoms with Crippen LogP contribution in [-0.2, 0) is 4.79 Å². The lowest BCUT2D eigenvalue weighted by atomic mass is 10.1. The van der Waals surface area contributed by atoms with Gasteiger partial charge < -0.3 is 5.32 Å². The third-order valence-electron chi connectivity index (χ3n) is 2.91. The fraction of sp³-hybridized carbons (Fsp3) is 0.533. The van der Waals surface area contributed by atoms with Crippen molar-refractivity contribution in [3.8, 4) is 0 Å². The molecule has 5 heteroatoms. The summed E-state index contributed by atoms with van der Waals surface area (Å²) in [5.41, 5.74) is 0. The summed E-state index contributed by atoms with van der Waals surface area (Å²) >= 11 is 1.20. The van der Waals surface area contributed by atoms with Gasteiger partial charge in [-0.3, -0.25) is 4.79 Å². The number of rotatable bonds is 8. The van der Waals surface area contributed by atoms with E-state index in [0.29, 0.717) is 4.90 Å². The predicted octanol–water partition coefficient (Wildman–Crippen LogP) is 4.14. The number of carbonyl (C=O) groups excluding carboxylic acids is 1. The highest BCUT2D eigenvalue weighted by Gasteiger charge is 2.09. The summed E-state index contributed by atoms with van der Waals surface area (Å²) < 4.78 is 25.8. The van der Waals surface area contributed by atoms with Gasteiger partial charge in [-0.25, -0.2) is 8.78 Å². The van der Waals surface area contributed by atoms with Crippen LogP contribution in [0.2, 0.25) is 0 Å². The summed E-state index contributed by atoms with van der Waals surface area (Å²) in [6.45, 7) is 4.12. The molecule has 0 radical (unpaired) electrons. The first-order chi connectivity index (χ1) is 9.52. The molecule has 0 heterocycles. The van der Waals surface area contributed by atoms with Crippen LogP contribution in [0.25, 0.3) is 0 Å². The summed E-state index contributed by atoms with van der Waals surface area (Å²) in [5, 5.41) is 2.91. The third kappa shape index (κ3) is 6.37. The number of nitrogens with one attached hydrogen (secondary N) is 1. The number of amides is 1. The van der Waals surface area contributed by atoms with E-state index in [2.05, 4.69) is 12.2 Å². The third-order valence-corrected chi connectivity index (χ3v) is 3.90. The maximum atomic E-state index is 13.0. The molecule has 1 aromatic carbocycles. The van der Waals surface area contributed by atoms with E-state index in [9.17, 15) is 13.6 Å². The van der Waals surface area contributed by atoms with Crippen molar-refractivity contribution in [2.75, 3.05) is 5.75 Å². The van der Waals surface area contributed by atoms with Crippen LogP contribution in [0.3, 0.4) is 0 Å². The fourth-order valence-electron chi connectivity index (χ4n) is 1.80. The van der Waals surface area contributed by atoms with Crippen molar-refractivity contribution in [2.45, 2.75) is 50.5 Å². The fourth-order valence-corrected chi connectivity index (χ4v) is 2.54. The number of unbranched alkanes of at least 4 members (excludes halogenated alkanes) is 2. The lowest BCUT2D eigenvalue weighted by Crippen LogP contribution is -2.33. The first-order valence-electron chi connectivity index (χ1n) is 6.90. The number of carbonyl (C=O) groups is 1. The Morgan fingerprint density at radius 1 is 1.30 bits per heavy atom. The highest BCUT2D eigenvalue weighted by atomic mass is 32.2. The maximum absolute atomic E-state index is 13.0. The van der Waals surface area contributed by atoms with E-state index in [4.69, 9.17) is 0 Å². The number of hydrogen-bond donors (Lipinski definition) is 1. The lowest BCUT2D eigenvalue weighted by molar-refractivity contribution is -0.119. The molecule has 0 saturated heterocycles. The molecule has 1 N–H and O–H groups in total. The molecule has 0 aliphatic heterocycles. The first-order valence-corrected chi connectivity index (χ1v) is 7.88. The van der Waals surface area contributed by atoms with Gasteiger partial charge in [0.25, 0.3) is 0 Å². The highest BCUT2D eigenvalue weighted by Crippen LogP contribution is 2.20. The summed E-state index contributed by atoms with van der Waals surface area (Å²) in [6.07, 6.45) is 4.40. The van der Waals surface area contributed by atoms with Gasteiger partial charge in [-0.2, -0.15) is 0 Å². The number of thioether (sulfide) groups is 1. The Labute approximate surface area is 123 Å². The molecule has 0 aliphatic carbocycles. The molecule has 1 amide bonds. The van der Waals surface area contributed by atoms with Crippen molar-refractivity contribution in [2.24, 2.45) is 0 Å². The van der Waals surface area contributed by atoms with Crippen molar-refractivity contribution in [3.63, 3.8) is 0 Å². The largest absolute Gasteiger partial charge is 0.353 e. The minimum absolute atomic E-state index is 0.0799. The first kappa shape index (κ1) is 17.0. The molecule has 0 aromatic heterocycles. The van der Waals surface area contributed by atoms with Crippen LogP contribution in [0.4, 0.5) is 8.78 Å². The number of hydrogen-bond acceptors (Lipinski definition) is 2. The number of benzene rings is 1. The van der Waals surface area contributed by atoms with Gasteiger partial charge in [0, 0.05) is 10.9 Å². The second-order valence-electron chi connectivity index (χ2n) is 4.83. The molecule has 0 fully saturated rings. The molecule has 1 aromatic rings. The van der Waals surface area contributed by atoms with Crippen molar-refractivity contribution >= 4 is 17.7 Å². The molecule has 1 unspecified atom stereocenters. The van der Waals surface area contributed by atoms with Crippen LogP contribution in [-0.4, -0.2) is 17.7 Å². The van der Waals surface area contributed by atoms with Crippen molar-refractivity contribution in [1.29, 1.82) is 0 Å². The normalized spacial score (nSPS) is 12.2. The average Bonchev–Trinajstić information content (AvgIpc) is 2.40. The standard InChI is InChI=1S/C15H21F2NOS/c1-3-4-5-6-11(2)18-15(19)10-20-12-7-8-13(16)14(17)9-12/h7-9,11H,3-6,10H2,1-2H3,(H,18,19). The smallest absolute Gasteiger partial charge is 0.230 e. The molecule has 20 heavy (non-hydrogen) atoms. The van der Waals surface area contributed by atoms with Gasteiger partial charge in [0.15, 0.2) is 11.6 Å². The highest BCUT2D eigenvalue weighted by molar-refractivity contribution is 8.00. The lowest BCUT2D eigenvalue weighted by Gasteiger charge is -2.13. The van der Waals surface area contributed by atoms with Crippen molar-refractivity contribution < 1.29 is 13.6 Å². The Morgan fingerprint density at radius 2 is 2.05 bits per heavy atom. The van der Waals surface area contributed by atoms with Gasteiger partial charge in [0.1, 0.15) is 0 Å². The van der Waals surface area contributed by atoms with E-state index >= 15 is 0 Å². The van der Waals surface area contributed by atoms with Crippen LogP contribution in [0.15, 0.2) is 23.1 Å². The summed E-state index contributed by atoms with van der Waals surface area (Å²) in [7, 11) is 0. The summed E-state index contributed by atoms with van der Waals surface area (Å²) in [5.74, 6) is -1.63. The summed E-state index contributed by atoms with van der Waals surface area (Å²) in [4.78, 5) is 12.3. The van der Waals surface area contributed by atoms with E-state index < -0.39 is 11.6 Å². The van der Waals surface area contributed by atoms with Crippen molar-refractivity contribution in [1.82, 2.24) is 5.32 Å². The Balaban J connectivity index is 2.30. The van der Waals surface area contributed by atoms with Gasteiger partial charge in [-0.1, -0.05) is 26.2 Å². The molecule has 0 saturated carbocycles. The van der Waals surface area contributed by atoms with Crippen molar-refractivity contribution in [3.05, 3.63) is 29.8 Å². The van der Waals surface area contributed by atoms with E-state index in [1.54, 1.807) is 0 Å². The zero-order valence-electron chi connectivity index (χ0n) is 11.9. The maximum Gasteiger partial charge on any atom is 0.230 e. The Kier molecular flexibility index (Phi) is 7.59. The molecule has 1 atom stereocenters. The Hall–Kier alpha value is -1.10. The minimum atomic E-state index is -0.886. The number of halogens is 2. The SMILES string of the molecule is CCCCCC(C)NC(=O)CSc1ccc(F)c(F)c1. The molecule has 112 valence electrons. The molecule has 0 aliphatic rings. The topological polar surface area (TPSA) is 29.1 Å². The van der Waals surface area contributed by atoms with Crippen LogP contribution in [0.1, 0.15) is 39.5 Å². The monoisotopic (exact) mass is 301 g/mol. The van der Waals surface area contributed by atoms with E-state index in [0.717, 1.165) is 31.4 Å². The van der Waals surface area contributed by atoms with Crippen LogP contribution in [0.5, 0.6) is 0 Å². The van der Waals surface area contributed by atoms with Gasteiger partial charge >= 0.3 is 0 Å². The molecular formula is C15H21F2NOS. The molecular weight excluding hydrogens is 280 g/mol. The van der Waals surface area contributed by atoms with E-state index in [1.165, 1.54) is 24.2 Å². The quantitative estimate of drug-likeness (QED) is 0.577.